The Labute approximate surface area is 169 Å². The first kappa shape index (κ1) is 18.2. The fourth-order valence-corrected chi connectivity index (χ4v) is 3.88. The van der Waals surface area contributed by atoms with Crippen molar-refractivity contribution in [1.82, 2.24) is 25.3 Å². The lowest BCUT2D eigenvalue weighted by molar-refractivity contribution is 0.0372. The first-order valence-electron chi connectivity index (χ1n) is 10.3. The Bertz CT molecular complexity index is 966. The van der Waals surface area contributed by atoms with E-state index in [4.69, 9.17) is 9.72 Å². The van der Waals surface area contributed by atoms with Crippen molar-refractivity contribution in [1.29, 1.82) is 0 Å². The summed E-state index contributed by atoms with van der Waals surface area (Å²) in [5.41, 5.74) is 3.38. The second-order valence-corrected chi connectivity index (χ2v) is 7.46. The molecule has 2 fully saturated rings. The van der Waals surface area contributed by atoms with Gasteiger partial charge in [0.1, 0.15) is 11.3 Å². The minimum Gasteiger partial charge on any atom is -0.374 e. The largest absolute Gasteiger partial charge is 0.374 e. The molecule has 5 rings (SSSR count). The summed E-state index contributed by atoms with van der Waals surface area (Å²) in [7, 11) is 0. The Morgan fingerprint density at radius 1 is 1.14 bits per heavy atom. The molecule has 0 amide bonds. The number of pyridine rings is 2. The molecule has 8 nitrogen and oxygen atoms in total. The number of nitrogens with zero attached hydrogens (tertiary/aromatic N) is 5. The maximum absolute atomic E-state index is 5.79. The average molecular weight is 391 g/mol. The smallest absolute Gasteiger partial charge is 0.154 e. The summed E-state index contributed by atoms with van der Waals surface area (Å²) >= 11 is 0. The second kappa shape index (κ2) is 8.26. The fraction of sp³-hybridized carbons (Fsp3) is 0.429. The average Bonchev–Trinajstić information content (AvgIpc) is 3.33. The van der Waals surface area contributed by atoms with E-state index in [0.717, 1.165) is 66.7 Å². The molecule has 3 aromatic rings. The number of anilines is 2. The first-order chi connectivity index (χ1) is 14.4. The van der Waals surface area contributed by atoms with Gasteiger partial charge in [0.05, 0.1) is 23.9 Å². The zero-order valence-electron chi connectivity index (χ0n) is 16.3. The minimum absolute atomic E-state index is 0.113. The zero-order valence-corrected chi connectivity index (χ0v) is 16.3. The van der Waals surface area contributed by atoms with Gasteiger partial charge in [0, 0.05) is 56.9 Å². The van der Waals surface area contributed by atoms with Gasteiger partial charge in [-0.3, -0.25) is 4.98 Å². The maximum Gasteiger partial charge on any atom is 0.154 e. The Hall–Kier alpha value is -2.84. The van der Waals surface area contributed by atoms with Crippen LogP contribution in [0.15, 0.2) is 36.8 Å². The molecule has 0 spiro atoms. The topological polar surface area (TPSA) is 88.1 Å². The van der Waals surface area contributed by atoms with Crippen molar-refractivity contribution in [2.24, 2.45) is 0 Å². The normalized spacial score (nSPS) is 19.6. The molecular weight excluding hydrogens is 366 g/mol. The summed E-state index contributed by atoms with van der Waals surface area (Å²) in [5, 5.41) is 6.76. The molecule has 0 saturated carbocycles. The highest BCUT2D eigenvalue weighted by molar-refractivity contribution is 5.88. The molecule has 2 aliphatic rings. The third kappa shape index (κ3) is 3.99. The van der Waals surface area contributed by atoms with Crippen LogP contribution in [0.1, 0.15) is 12.8 Å². The summed E-state index contributed by atoms with van der Waals surface area (Å²) in [4.78, 5) is 20.8. The zero-order chi connectivity index (χ0) is 19.5. The van der Waals surface area contributed by atoms with Crippen LogP contribution in [0.2, 0.25) is 0 Å². The van der Waals surface area contributed by atoms with Crippen molar-refractivity contribution >= 4 is 22.7 Å². The number of morpholine rings is 1. The lowest BCUT2D eigenvalue weighted by atomic mass is 10.1. The SMILES string of the molecule is c1cnc2c(NC[C@@H]3CNCCO3)nc(-c3ccc(N4CCCC4)nc3)cc2n1. The molecule has 2 saturated heterocycles. The predicted octanol–water partition coefficient (Wildman–Crippen LogP) is 2.09. The molecule has 0 unspecified atom stereocenters. The summed E-state index contributed by atoms with van der Waals surface area (Å²) < 4.78 is 5.79. The highest BCUT2D eigenvalue weighted by Gasteiger charge is 2.17. The number of aromatic nitrogens is 4. The van der Waals surface area contributed by atoms with Gasteiger partial charge in [-0.25, -0.2) is 15.0 Å². The van der Waals surface area contributed by atoms with Crippen LogP contribution in [-0.4, -0.2) is 65.4 Å². The van der Waals surface area contributed by atoms with Gasteiger partial charge in [-0.05, 0) is 31.0 Å². The highest BCUT2D eigenvalue weighted by Crippen LogP contribution is 2.27. The standard InChI is InChI=1S/C21H25N7O/c1-2-9-28(8-1)19-4-3-15(12-25-19)17-11-18-20(24-6-5-23-18)21(27-17)26-14-16-13-22-7-10-29-16/h3-6,11-12,16,22H,1-2,7-10,13-14H2,(H,26,27)/t16-/m0/s1. The van der Waals surface area contributed by atoms with E-state index in [0.29, 0.717) is 6.54 Å². The van der Waals surface area contributed by atoms with Crippen LogP contribution in [0, 0.1) is 0 Å². The Kier molecular flexibility index (Phi) is 5.19. The molecule has 0 radical (unpaired) electrons. The quantitative estimate of drug-likeness (QED) is 0.684. The third-order valence-electron chi connectivity index (χ3n) is 5.43. The van der Waals surface area contributed by atoms with Crippen molar-refractivity contribution in [2.75, 3.05) is 49.5 Å². The molecule has 0 aliphatic carbocycles. The summed E-state index contributed by atoms with van der Waals surface area (Å²) in [6, 6.07) is 6.14. The van der Waals surface area contributed by atoms with Crippen LogP contribution in [0.4, 0.5) is 11.6 Å². The van der Waals surface area contributed by atoms with Gasteiger partial charge in [0.2, 0.25) is 0 Å². The molecule has 2 aliphatic heterocycles. The van der Waals surface area contributed by atoms with E-state index in [-0.39, 0.29) is 6.10 Å². The number of hydrogen-bond donors (Lipinski definition) is 2. The lowest BCUT2D eigenvalue weighted by Gasteiger charge is -2.24. The van der Waals surface area contributed by atoms with Gasteiger partial charge >= 0.3 is 0 Å². The van der Waals surface area contributed by atoms with E-state index in [1.165, 1.54) is 12.8 Å². The van der Waals surface area contributed by atoms with Gasteiger partial charge in [0.25, 0.3) is 0 Å². The van der Waals surface area contributed by atoms with E-state index in [1.54, 1.807) is 12.4 Å². The van der Waals surface area contributed by atoms with E-state index < -0.39 is 0 Å². The van der Waals surface area contributed by atoms with Crippen molar-refractivity contribution in [3.05, 3.63) is 36.8 Å². The van der Waals surface area contributed by atoms with Gasteiger partial charge in [-0.2, -0.15) is 0 Å². The molecular formula is C21H25N7O. The van der Waals surface area contributed by atoms with Gasteiger partial charge < -0.3 is 20.3 Å². The van der Waals surface area contributed by atoms with Crippen LogP contribution in [0.3, 0.4) is 0 Å². The summed E-state index contributed by atoms with van der Waals surface area (Å²) in [6.07, 6.45) is 7.89. The second-order valence-electron chi connectivity index (χ2n) is 7.46. The van der Waals surface area contributed by atoms with E-state index >= 15 is 0 Å². The third-order valence-corrected chi connectivity index (χ3v) is 5.43. The Morgan fingerprint density at radius 3 is 2.83 bits per heavy atom. The number of rotatable bonds is 5. The molecule has 0 aromatic carbocycles. The van der Waals surface area contributed by atoms with Crippen LogP contribution in [-0.2, 0) is 4.74 Å². The molecule has 2 N–H and O–H groups in total. The van der Waals surface area contributed by atoms with Gasteiger partial charge in [-0.1, -0.05) is 0 Å². The van der Waals surface area contributed by atoms with Gasteiger partial charge in [-0.15, -0.1) is 0 Å². The van der Waals surface area contributed by atoms with E-state index in [1.807, 2.05) is 12.3 Å². The fourth-order valence-electron chi connectivity index (χ4n) is 3.88. The molecule has 29 heavy (non-hydrogen) atoms. The molecule has 1 atom stereocenters. The lowest BCUT2D eigenvalue weighted by Crippen LogP contribution is -2.42. The van der Waals surface area contributed by atoms with Crippen molar-refractivity contribution in [3.63, 3.8) is 0 Å². The van der Waals surface area contributed by atoms with E-state index in [2.05, 4.69) is 42.6 Å². The summed E-state index contributed by atoms with van der Waals surface area (Å²) in [6.45, 7) is 5.30. The van der Waals surface area contributed by atoms with Crippen LogP contribution < -0.4 is 15.5 Å². The number of hydrogen-bond acceptors (Lipinski definition) is 8. The monoisotopic (exact) mass is 391 g/mol. The molecule has 150 valence electrons. The highest BCUT2D eigenvalue weighted by atomic mass is 16.5. The van der Waals surface area contributed by atoms with Crippen molar-refractivity contribution in [3.8, 4) is 11.3 Å². The predicted molar refractivity (Wildman–Crippen MR) is 113 cm³/mol. The van der Waals surface area contributed by atoms with Crippen molar-refractivity contribution in [2.45, 2.75) is 18.9 Å². The van der Waals surface area contributed by atoms with Crippen LogP contribution in [0.25, 0.3) is 22.3 Å². The molecule has 5 heterocycles. The molecule has 8 heteroatoms. The van der Waals surface area contributed by atoms with Crippen molar-refractivity contribution < 1.29 is 4.74 Å². The van der Waals surface area contributed by atoms with E-state index in [9.17, 15) is 0 Å². The van der Waals surface area contributed by atoms with Crippen LogP contribution >= 0.6 is 0 Å². The molecule has 3 aromatic heterocycles. The number of fused-ring (bicyclic) bond motifs is 1. The maximum atomic E-state index is 5.79. The first-order valence-corrected chi connectivity index (χ1v) is 10.3. The van der Waals surface area contributed by atoms with Crippen LogP contribution in [0.5, 0.6) is 0 Å². The minimum atomic E-state index is 0.113. The Balaban J connectivity index is 1.42. The number of ether oxygens (including phenoxy) is 1. The summed E-state index contributed by atoms with van der Waals surface area (Å²) in [5.74, 6) is 1.76. The number of nitrogens with one attached hydrogen (secondary N) is 2. The molecule has 0 bridgehead atoms. The van der Waals surface area contributed by atoms with Gasteiger partial charge in [0.15, 0.2) is 5.82 Å². The Morgan fingerprint density at radius 2 is 2.03 bits per heavy atom.